The Labute approximate surface area is 308 Å². The van der Waals surface area contributed by atoms with Crippen LogP contribution in [0.15, 0.2) is 12.2 Å². The van der Waals surface area contributed by atoms with Gasteiger partial charge < -0.3 is 14.9 Å². The fourth-order valence-corrected chi connectivity index (χ4v) is 14.3. The number of allylic oxidation sites excluding steroid dienone is 1. The van der Waals surface area contributed by atoms with Gasteiger partial charge in [-0.25, -0.2) is 0 Å². The number of hydrogen-bond donors (Lipinski definition) is 2. The van der Waals surface area contributed by atoms with Crippen molar-refractivity contribution in [2.75, 3.05) is 6.61 Å². The number of fused-ring (bicyclic) bond motifs is 7. The van der Waals surface area contributed by atoms with E-state index < -0.39 is 6.10 Å². The SMILES string of the molecule is C=C(C)[C@@H]1CC[C@@]2(CO)[C@H]1[C@@H]1CC[C@@H]3[C@@]4(C)CC[C@H](OC(=O)CCCCCCCCCCCCCCC)C(C)(C)[C@@H]4CC[C@@]3(C)[C@]1(C)C[C@@H]2O. The molecule has 0 aromatic carbocycles. The van der Waals surface area contributed by atoms with E-state index in [9.17, 15) is 15.0 Å². The van der Waals surface area contributed by atoms with Crippen LogP contribution in [0.25, 0.3) is 0 Å². The zero-order valence-corrected chi connectivity index (χ0v) is 33.9. The number of ether oxygens (including phenoxy) is 1. The van der Waals surface area contributed by atoms with Gasteiger partial charge in [0.15, 0.2) is 0 Å². The second-order valence-corrected chi connectivity index (χ2v) is 20.1. The van der Waals surface area contributed by atoms with Crippen LogP contribution in [0, 0.1) is 56.7 Å². The molecule has 5 fully saturated rings. The van der Waals surface area contributed by atoms with Gasteiger partial charge >= 0.3 is 5.97 Å². The van der Waals surface area contributed by atoms with Gasteiger partial charge in [-0.1, -0.05) is 131 Å². The molecule has 0 radical (unpaired) electrons. The molecule has 0 aliphatic heterocycles. The van der Waals surface area contributed by atoms with Crippen LogP contribution in [0.3, 0.4) is 0 Å². The predicted octanol–water partition coefficient (Wildman–Crippen LogP) is 12.0. The average molecular weight is 697 g/mol. The van der Waals surface area contributed by atoms with Crippen molar-refractivity contribution >= 4 is 5.97 Å². The summed E-state index contributed by atoms with van der Waals surface area (Å²) in [5.41, 5.74) is 1.20. The summed E-state index contributed by atoms with van der Waals surface area (Å²) in [6.07, 6.45) is 26.9. The Hall–Kier alpha value is -0.870. The molecule has 50 heavy (non-hydrogen) atoms. The Morgan fingerprint density at radius 2 is 1.34 bits per heavy atom. The lowest BCUT2D eigenvalue weighted by atomic mass is 9.32. The molecule has 4 heteroatoms. The van der Waals surface area contributed by atoms with E-state index in [1.165, 1.54) is 102 Å². The molecular weight excluding hydrogens is 617 g/mol. The van der Waals surface area contributed by atoms with Crippen molar-refractivity contribution in [1.82, 2.24) is 0 Å². The van der Waals surface area contributed by atoms with Crippen LogP contribution < -0.4 is 0 Å². The summed E-state index contributed by atoms with van der Waals surface area (Å²) in [6, 6.07) is 0. The summed E-state index contributed by atoms with van der Waals surface area (Å²) < 4.78 is 6.39. The fraction of sp³-hybridized carbons (Fsp3) is 0.935. The number of carbonyl (C=O) groups excluding carboxylic acids is 1. The van der Waals surface area contributed by atoms with Crippen molar-refractivity contribution in [3.8, 4) is 0 Å². The maximum atomic E-state index is 13.2. The van der Waals surface area contributed by atoms with Crippen LogP contribution in [-0.4, -0.2) is 35.0 Å². The van der Waals surface area contributed by atoms with Crippen LogP contribution in [0.5, 0.6) is 0 Å². The van der Waals surface area contributed by atoms with Gasteiger partial charge in [0.1, 0.15) is 6.10 Å². The minimum absolute atomic E-state index is 0.00261. The Balaban J connectivity index is 1.14. The van der Waals surface area contributed by atoms with Gasteiger partial charge in [-0.2, -0.15) is 0 Å². The van der Waals surface area contributed by atoms with Crippen LogP contribution in [0.1, 0.15) is 196 Å². The van der Waals surface area contributed by atoms with Gasteiger partial charge in [0.05, 0.1) is 12.7 Å². The number of rotatable bonds is 17. The van der Waals surface area contributed by atoms with E-state index in [0.29, 0.717) is 36.0 Å². The standard InChI is InChI=1S/C46H80O4/c1-9-10-11-12-13-14-15-16-17-18-19-20-21-22-40(49)50-39-27-28-43(6)36(42(39,4)5)26-29-44(7)37(43)24-23-35-41-34(33(2)3)25-30-46(41,32-47)38(48)31-45(35,44)8/h34-39,41,47-48H,2,9-32H2,1,3-8H3/t34-,35-,36-,37+,38-,39-,41+,43-,44+,45+,46-/m0/s1. The molecule has 5 aliphatic carbocycles. The zero-order valence-electron chi connectivity index (χ0n) is 33.9. The quantitative estimate of drug-likeness (QED) is 0.0902. The molecule has 0 saturated heterocycles. The van der Waals surface area contributed by atoms with E-state index in [0.717, 1.165) is 44.9 Å². The molecule has 4 nitrogen and oxygen atoms in total. The van der Waals surface area contributed by atoms with Crippen LogP contribution in [0.2, 0.25) is 0 Å². The number of esters is 1. The van der Waals surface area contributed by atoms with Gasteiger partial charge in [-0.15, -0.1) is 0 Å². The van der Waals surface area contributed by atoms with Crippen molar-refractivity contribution in [1.29, 1.82) is 0 Å². The summed E-state index contributed by atoms with van der Waals surface area (Å²) in [7, 11) is 0. The first-order valence-electron chi connectivity index (χ1n) is 21.9. The van der Waals surface area contributed by atoms with Crippen LogP contribution in [-0.2, 0) is 9.53 Å². The third-order valence-electron chi connectivity index (χ3n) is 17.3. The second kappa shape index (κ2) is 16.2. The number of hydrogen-bond acceptors (Lipinski definition) is 4. The first-order valence-corrected chi connectivity index (χ1v) is 21.9. The monoisotopic (exact) mass is 697 g/mol. The van der Waals surface area contributed by atoms with Gasteiger partial charge in [0, 0.05) is 17.3 Å². The molecule has 11 atom stereocenters. The predicted molar refractivity (Wildman–Crippen MR) is 208 cm³/mol. The largest absolute Gasteiger partial charge is 0.462 e. The van der Waals surface area contributed by atoms with E-state index >= 15 is 0 Å². The summed E-state index contributed by atoms with van der Waals surface area (Å²) in [6.45, 7) is 21.6. The van der Waals surface area contributed by atoms with E-state index in [1.54, 1.807) is 0 Å². The van der Waals surface area contributed by atoms with E-state index in [-0.39, 0.29) is 45.8 Å². The lowest BCUT2D eigenvalue weighted by Gasteiger charge is -2.73. The first kappa shape index (κ1) is 40.3. The van der Waals surface area contributed by atoms with Crippen molar-refractivity contribution in [3.63, 3.8) is 0 Å². The van der Waals surface area contributed by atoms with Gasteiger partial charge in [-0.05, 0) is 117 Å². The third-order valence-corrected chi connectivity index (χ3v) is 17.3. The highest BCUT2D eigenvalue weighted by molar-refractivity contribution is 5.69. The molecular formula is C46H80O4. The van der Waals surface area contributed by atoms with Crippen molar-refractivity contribution in [3.05, 3.63) is 12.2 Å². The number of carbonyl (C=O) groups is 1. The number of aliphatic hydroxyl groups is 2. The fourth-order valence-electron chi connectivity index (χ4n) is 14.3. The molecule has 0 heterocycles. The van der Waals surface area contributed by atoms with E-state index in [1.807, 2.05) is 0 Å². The molecule has 0 aromatic rings. The van der Waals surface area contributed by atoms with E-state index in [2.05, 4.69) is 55.0 Å². The molecule has 0 spiro atoms. The summed E-state index contributed by atoms with van der Waals surface area (Å²) >= 11 is 0. The minimum atomic E-state index is -0.453. The molecule has 0 aromatic heterocycles. The highest BCUT2D eigenvalue weighted by atomic mass is 16.5. The van der Waals surface area contributed by atoms with Gasteiger partial charge in [0.2, 0.25) is 0 Å². The molecule has 288 valence electrons. The molecule has 5 saturated carbocycles. The van der Waals surface area contributed by atoms with E-state index in [4.69, 9.17) is 4.74 Å². The lowest BCUT2D eigenvalue weighted by molar-refractivity contribution is -0.267. The molecule has 0 amide bonds. The second-order valence-electron chi connectivity index (χ2n) is 20.1. The first-order chi connectivity index (χ1) is 23.7. The zero-order chi connectivity index (χ0) is 36.4. The summed E-state index contributed by atoms with van der Waals surface area (Å²) in [4.78, 5) is 13.2. The minimum Gasteiger partial charge on any atom is -0.462 e. The van der Waals surface area contributed by atoms with Crippen molar-refractivity contribution < 1.29 is 19.7 Å². The van der Waals surface area contributed by atoms with Crippen LogP contribution in [0.4, 0.5) is 0 Å². The maximum Gasteiger partial charge on any atom is 0.306 e. The normalized spacial score (nSPS) is 41.8. The molecule has 2 N–H and O–H groups in total. The van der Waals surface area contributed by atoms with Crippen LogP contribution >= 0.6 is 0 Å². The Bertz CT molecular complexity index is 1140. The summed E-state index contributed by atoms with van der Waals surface area (Å²) in [5, 5.41) is 22.8. The topological polar surface area (TPSA) is 66.8 Å². The number of unbranched alkanes of at least 4 members (excludes halogenated alkanes) is 12. The van der Waals surface area contributed by atoms with Gasteiger partial charge in [-0.3, -0.25) is 4.79 Å². The maximum absolute atomic E-state index is 13.2. The third kappa shape index (κ3) is 7.19. The molecule has 5 aliphatic rings. The highest BCUT2D eigenvalue weighted by Gasteiger charge is 2.72. The Morgan fingerprint density at radius 3 is 1.92 bits per heavy atom. The van der Waals surface area contributed by atoms with Gasteiger partial charge in [0.25, 0.3) is 0 Å². The lowest BCUT2D eigenvalue weighted by Crippen LogP contribution is -2.68. The molecule has 0 bridgehead atoms. The Kier molecular flexibility index (Phi) is 13.1. The average Bonchev–Trinajstić information content (AvgIpc) is 3.47. The van der Waals surface area contributed by atoms with Crippen molar-refractivity contribution in [2.45, 2.75) is 208 Å². The number of aliphatic hydroxyl groups excluding tert-OH is 2. The van der Waals surface area contributed by atoms with Crippen molar-refractivity contribution in [2.24, 2.45) is 56.7 Å². The Morgan fingerprint density at radius 1 is 0.740 bits per heavy atom. The smallest absolute Gasteiger partial charge is 0.306 e. The summed E-state index contributed by atoms with van der Waals surface area (Å²) in [5.74, 6) is 2.38. The molecule has 0 unspecified atom stereocenters. The highest BCUT2D eigenvalue weighted by Crippen LogP contribution is 2.77. The molecule has 5 rings (SSSR count).